The molecule has 2 atom stereocenters. The molecule has 1 aliphatic heterocycles. The highest BCUT2D eigenvalue weighted by Crippen LogP contribution is 2.23. The van der Waals surface area contributed by atoms with Gasteiger partial charge in [0, 0.05) is 13.7 Å². The fourth-order valence-corrected chi connectivity index (χ4v) is 2.22. The number of nitrogens with zero attached hydrogens (tertiary/aromatic N) is 1. The van der Waals surface area contributed by atoms with Gasteiger partial charge in [-0.05, 0) is 25.5 Å². The number of phenolic OH excluding ortho intramolecular Hbond substituents is 1. The van der Waals surface area contributed by atoms with Crippen LogP contribution in [0.1, 0.15) is 23.7 Å². The minimum atomic E-state index is -0.162. The molecule has 2 unspecified atom stereocenters. The van der Waals surface area contributed by atoms with Crippen molar-refractivity contribution in [2.75, 3.05) is 13.7 Å². The van der Waals surface area contributed by atoms with Crippen LogP contribution in [0.5, 0.6) is 5.75 Å². The van der Waals surface area contributed by atoms with Gasteiger partial charge in [0.15, 0.2) is 0 Å². The lowest BCUT2D eigenvalue weighted by atomic mass is 10.1. The lowest BCUT2D eigenvalue weighted by molar-refractivity contribution is 0.0572. The third kappa shape index (κ3) is 2.26. The molecule has 1 heterocycles. The maximum Gasteiger partial charge on any atom is 0.257 e. The van der Waals surface area contributed by atoms with Crippen molar-refractivity contribution in [3.63, 3.8) is 0 Å². The SMILES string of the molecule is CC1OCCC1N(C)C(=O)c1ccccc1O. The Morgan fingerprint density at radius 2 is 2.18 bits per heavy atom. The number of ether oxygens (including phenoxy) is 1. The summed E-state index contributed by atoms with van der Waals surface area (Å²) in [6.45, 7) is 2.65. The van der Waals surface area contributed by atoms with Crippen molar-refractivity contribution >= 4 is 5.91 Å². The van der Waals surface area contributed by atoms with Crippen LogP contribution in [0, 0.1) is 0 Å². The third-order valence-corrected chi connectivity index (χ3v) is 3.29. The van der Waals surface area contributed by atoms with Crippen LogP contribution in [0.2, 0.25) is 0 Å². The molecule has 1 saturated heterocycles. The maximum absolute atomic E-state index is 12.2. The summed E-state index contributed by atoms with van der Waals surface area (Å²) in [6.07, 6.45) is 0.895. The van der Waals surface area contributed by atoms with E-state index in [0.717, 1.165) is 6.42 Å². The van der Waals surface area contributed by atoms with E-state index in [2.05, 4.69) is 0 Å². The number of amides is 1. The maximum atomic E-state index is 12.2. The quantitative estimate of drug-likeness (QED) is 0.847. The minimum Gasteiger partial charge on any atom is -0.507 e. The number of carbonyl (C=O) groups is 1. The Balaban J connectivity index is 2.17. The van der Waals surface area contributed by atoms with Crippen molar-refractivity contribution in [1.82, 2.24) is 4.90 Å². The highest BCUT2D eigenvalue weighted by molar-refractivity contribution is 5.96. The largest absolute Gasteiger partial charge is 0.507 e. The summed E-state index contributed by atoms with van der Waals surface area (Å²) < 4.78 is 5.45. The standard InChI is InChI=1S/C13H17NO3/c1-9-11(7-8-17-9)14(2)13(16)10-5-3-4-6-12(10)15/h3-6,9,11,15H,7-8H2,1-2H3. The molecule has 2 rings (SSSR count). The Kier molecular flexibility index (Phi) is 3.33. The first kappa shape index (κ1) is 11.9. The molecule has 92 valence electrons. The van der Waals surface area contributed by atoms with Gasteiger partial charge in [0.2, 0.25) is 0 Å². The summed E-state index contributed by atoms with van der Waals surface area (Å²) in [5.41, 5.74) is 0.342. The van der Waals surface area contributed by atoms with Crippen molar-refractivity contribution in [2.24, 2.45) is 0 Å². The Labute approximate surface area is 101 Å². The second-order valence-electron chi connectivity index (χ2n) is 4.37. The lowest BCUT2D eigenvalue weighted by Crippen LogP contribution is -2.41. The molecule has 1 aromatic carbocycles. The van der Waals surface area contributed by atoms with Crippen LogP contribution < -0.4 is 0 Å². The van der Waals surface area contributed by atoms with E-state index < -0.39 is 0 Å². The molecule has 0 saturated carbocycles. The van der Waals surface area contributed by atoms with E-state index in [4.69, 9.17) is 4.74 Å². The van der Waals surface area contributed by atoms with Crippen molar-refractivity contribution in [2.45, 2.75) is 25.5 Å². The van der Waals surface area contributed by atoms with Crippen molar-refractivity contribution < 1.29 is 14.6 Å². The van der Waals surface area contributed by atoms with Crippen LogP contribution in [0.25, 0.3) is 0 Å². The predicted octanol–water partition coefficient (Wildman–Crippen LogP) is 1.64. The Morgan fingerprint density at radius 1 is 1.47 bits per heavy atom. The van der Waals surface area contributed by atoms with Crippen molar-refractivity contribution in [1.29, 1.82) is 0 Å². The molecule has 0 bridgehead atoms. The second-order valence-corrected chi connectivity index (χ2v) is 4.37. The zero-order valence-corrected chi connectivity index (χ0v) is 10.1. The molecule has 0 aliphatic carbocycles. The second kappa shape index (κ2) is 4.75. The van der Waals surface area contributed by atoms with Gasteiger partial charge in [-0.25, -0.2) is 0 Å². The Bertz CT molecular complexity index is 419. The number of rotatable bonds is 2. The Hall–Kier alpha value is -1.55. The molecule has 0 radical (unpaired) electrons. The molecular weight excluding hydrogens is 218 g/mol. The van der Waals surface area contributed by atoms with E-state index in [1.807, 2.05) is 6.92 Å². The minimum absolute atomic E-state index is 0.0240. The van der Waals surface area contributed by atoms with Crippen LogP contribution in [0.15, 0.2) is 24.3 Å². The van der Waals surface area contributed by atoms with Gasteiger partial charge < -0.3 is 14.7 Å². The van der Waals surface area contributed by atoms with Crippen LogP contribution in [-0.2, 0) is 4.74 Å². The summed E-state index contributed by atoms with van der Waals surface area (Å²) in [5.74, 6) is -0.138. The van der Waals surface area contributed by atoms with E-state index in [9.17, 15) is 9.90 Å². The first-order chi connectivity index (χ1) is 8.11. The summed E-state index contributed by atoms with van der Waals surface area (Å²) in [6, 6.07) is 6.69. The summed E-state index contributed by atoms with van der Waals surface area (Å²) in [7, 11) is 1.75. The molecule has 4 nitrogen and oxygen atoms in total. The summed E-state index contributed by atoms with van der Waals surface area (Å²) >= 11 is 0. The highest BCUT2D eigenvalue weighted by atomic mass is 16.5. The lowest BCUT2D eigenvalue weighted by Gasteiger charge is -2.27. The molecule has 0 aromatic heterocycles. The van der Waals surface area contributed by atoms with Gasteiger partial charge in [-0.15, -0.1) is 0 Å². The van der Waals surface area contributed by atoms with Gasteiger partial charge in [-0.2, -0.15) is 0 Å². The number of hydrogen-bond acceptors (Lipinski definition) is 3. The molecule has 1 aliphatic rings. The average Bonchev–Trinajstić information content (AvgIpc) is 2.74. The van der Waals surface area contributed by atoms with E-state index >= 15 is 0 Å². The first-order valence-electron chi connectivity index (χ1n) is 5.78. The summed E-state index contributed by atoms with van der Waals surface area (Å²) in [4.78, 5) is 13.9. The molecule has 1 fully saturated rings. The highest BCUT2D eigenvalue weighted by Gasteiger charge is 2.31. The van der Waals surface area contributed by atoms with Gasteiger partial charge in [0.25, 0.3) is 5.91 Å². The molecule has 4 heteroatoms. The van der Waals surface area contributed by atoms with Gasteiger partial charge >= 0.3 is 0 Å². The number of para-hydroxylation sites is 1. The van der Waals surface area contributed by atoms with Gasteiger partial charge in [0.1, 0.15) is 5.75 Å². The normalized spacial score (nSPS) is 23.6. The van der Waals surface area contributed by atoms with E-state index in [1.165, 1.54) is 6.07 Å². The molecule has 1 N–H and O–H groups in total. The molecule has 1 aromatic rings. The van der Waals surface area contributed by atoms with Crippen molar-refractivity contribution in [3.8, 4) is 5.75 Å². The zero-order chi connectivity index (χ0) is 12.4. The van der Waals surface area contributed by atoms with Crippen LogP contribution in [0.4, 0.5) is 0 Å². The van der Waals surface area contributed by atoms with E-state index in [0.29, 0.717) is 12.2 Å². The molecule has 1 amide bonds. The van der Waals surface area contributed by atoms with Crippen molar-refractivity contribution in [3.05, 3.63) is 29.8 Å². The van der Waals surface area contributed by atoms with Gasteiger partial charge in [-0.1, -0.05) is 12.1 Å². The fourth-order valence-electron chi connectivity index (χ4n) is 2.22. The van der Waals surface area contributed by atoms with E-state index in [1.54, 1.807) is 30.1 Å². The molecular formula is C13H17NO3. The zero-order valence-electron chi connectivity index (χ0n) is 10.1. The third-order valence-electron chi connectivity index (χ3n) is 3.29. The molecule has 17 heavy (non-hydrogen) atoms. The van der Waals surface area contributed by atoms with E-state index in [-0.39, 0.29) is 23.8 Å². The number of hydrogen-bond donors (Lipinski definition) is 1. The number of carbonyl (C=O) groups excluding carboxylic acids is 1. The predicted molar refractivity (Wildman–Crippen MR) is 64.0 cm³/mol. The van der Waals surface area contributed by atoms with Gasteiger partial charge in [-0.3, -0.25) is 4.79 Å². The fraction of sp³-hybridized carbons (Fsp3) is 0.462. The van der Waals surface area contributed by atoms with Gasteiger partial charge in [0.05, 0.1) is 17.7 Å². The monoisotopic (exact) mass is 235 g/mol. The van der Waals surface area contributed by atoms with Crippen LogP contribution >= 0.6 is 0 Å². The average molecular weight is 235 g/mol. The van der Waals surface area contributed by atoms with Crippen LogP contribution in [0.3, 0.4) is 0 Å². The topological polar surface area (TPSA) is 49.8 Å². The summed E-state index contributed by atoms with van der Waals surface area (Å²) in [5, 5.41) is 9.66. The first-order valence-corrected chi connectivity index (χ1v) is 5.78. The number of likely N-dealkylation sites (N-methyl/N-ethyl adjacent to an activating group) is 1. The number of benzene rings is 1. The molecule has 0 spiro atoms. The number of phenols is 1. The smallest absolute Gasteiger partial charge is 0.257 e. The number of aromatic hydroxyl groups is 1. The Morgan fingerprint density at radius 3 is 2.76 bits per heavy atom. The van der Waals surface area contributed by atoms with Crippen LogP contribution in [-0.4, -0.2) is 41.7 Å².